The summed E-state index contributed by atoms with van der Waals surface area (Å²) >= 11 is 0. The zero-order chi connectivity index (χ0) is 13.4. The third-order valence-corrected chi connectivity index (χ3v) is 3.67. The van der Waals surface area contributed by atoms with Crippen LogP contribution in [0, 0.1) is 12.8 Å². The van der Waals surface area contributed by atoms with Gasteiger partial charge in [-0.1, -0.05) is 38.1 Å². The Kier molecular flexibility index (Phi) is 6.99. The minimum atomic E-state index is 0.571. The van der Waals surface area contributed by atoms with Gasteiger partial charge in [0.1, 0.15) is 0 Å². The Morgan fingerprint density at radius 3 is 2.61 bits per heavy atom. The molecule has 2 heteroatoms. The summed E-state index contributed by atoms with van der Waals surface area (Å²) in [4.78, 5) is 0. The van der Waals surface area contributed by atoms with Crippen LogP contribution >= 0.6 is 0 Å². The van der Waals surface area contributed by atoms with Crippen LogP contribution in [0.1, 0.15) is 37.3 Å². The highest BCUT2D eigenvalue weighted by atomic mass is 16.5. The highest BCUT2D eigenvalue weighted by molar-refractivity contribution is 5.30. The van der Waals surface area contributed by atoms with E-state index >= 15 is 0 Å². The Morgan fingerprint density at radius 1 is 1.28 bits per heavy atom. The van der Waals surface area contributed by atoms with Crippen molar-refractivity contribution in [1.82, 2.24) is 5.32 Å². The number of likely N-dealkylation sites (N-methyl/N-ethyl adjacent to an activating group) is 1. The second kappa shape index (κ2) is 8.28. The average Bonchev–Trinajstić information content (AvgIpc) is 2.38. The molecule has 18 heavy (non-hydrogen) atoms. The maximum atomic E-state index is 5.21. The molecule has 1 N–H and O–H groups in total. The summed E-state index contributed by atoms with van der Waals surface area (Å²) in [6.07, 6.45) is 1.11. The highest BCUT2D eigenvalue weighted by Gasteiger charge is 2.20. The minimum absolute atomic E-state index is 0.571. The molecule has 102 valence electrons. The Balaban J connectivity index is 2.80. The Morgan fingerprint density at radius 2 is 2.00 bits per heavy atom. The number of aryl methyl sites for hydroxylation is 1. The summed E-state index contributed by atoms with van der Waals surface area (Å²) in [6, 6.07) is 8.73. The topological polar surface area (TPSA) is 21.3 Å². The van der Waals surface area contributed by atoms with Crippen molar-refractivity contribution in [1.29, 1.82) is 0 Å². The van der Waals surface area contributed by atoms with Gasteiger partial charge in [-0.25, -0.2) is 0 Å². The molecule has 0 radical (unpaired) electrons. The van der Waals surface area contributed by atoms with Crippen molar-refractivity contribution in [2.75, 3.05) is 26.8 Å². The molecule has 0 spiro atoms. The van der Waals surface area contributed by atoms with Gasteiger partial charge in [0.15, 0.2) is 0 Å². The van der Waals surface area contributed by atoms with Gasteiger partial charge in [-0.2, -0.15) is 0 Å². The standard InChI is InChI=1S/C16H27NO/c1-5-17-12-16(14(3)10-11-18-4)15-9-7-6-8-13(15)2/h6-9,14,16-17H,5,10-12H2,1-4H3. The van der Waals surface area contributed by atoms with Gasteiger partial charge in [0, 0.05) is 20.3 Å². The van der Waals surface area contributed by atoms with Crippen LogP contribution in [-0.4, -0.2) is 26.8 Å². The molecule has 0 amide bonds. The monoisotopic (exact) mass is 249 g/mol. The highest BCUT2D eigenvalue weighted by Crippen LogP contribution is 2.28. The smallest absolute Gasteiger partial charge is 0.0465 e. The van der Waals surface area contributed by atoms with Crippen LogP contribution < -0.4 is 5.32 Å². The molecular formula is C16H27NO. The van der Waals surface area contributed by atoms with Crippen molar-refractivity contribution >= 4 is 0 Å². The van der Waals surface area contributed by atoms with Gasteiger partial charge in [0.25, 0.3) is 0 Å². The lowest BCUT2D eigenvalue weighted by molar-refractivity contribution is 0.174. The van der Waals surface area contributed by atoms with Gasteiger partial charge >= 0.3 is 0 Å². The second-order valence-electron chi connectivity index (χ2n) is 5.03. The number of methoxy groups -OCH3 is 1. The summed E-state index contributed by atoms with van der Waals surface area (Å²) in [7, 11) is 1.78. The largest absolute Gasteiger partial charge is 0.385 e. The van der Waals surface area contributed by atoms with Crippen LogP contribution in [0.15, 0.2) is 24.3 Å². The lowest BCUT2D eigenvalue weighted by atomic mass is 9.83. The predicted molar refractivity (Wildman–Crippen MR) is 78.1 cm³/mol. The number of nitrogens with one attached hydrogen (secondary N) is 1. The fourth-order valence-electron chi connectivity index (χ4n) is 2.43. The van der Waals surface area contributed by atoms with E-state index in [0.29, 0.717) is 11.8 Å². The van der Waals surface area contributed by atoms with E-state index in [1.54, 1.807) is 7.11 Å². The van der Waals surface area contributed by atoms with E-state index in [9.17, 15) is 0 Å². The summed E-state index contributed by atoms with van der Waals surface area (Å²) in [5, 5.41) is 3.49. The lowest BCUT2D eigenvalue weighted by Gasteiger charge is -2.26. The summed E-state index contributed by atoms with van der Waals surface area (Å²) < 4.78 is 5.21. The summed E-state index contributed by atoms with van der Waals surface area (Å²) in [5.74, 6) is 1.20. The van der Waals surface area contributed by atoms with Crippen LogP contribution in [0.3, 0.4) is 0 Å². The van der Waals surface area contributed by atoms with Crippen molar-refractivity contribution in [3.8, 4) is 0 Å². The molecule has 0 bridgehead atoms. The van der Waals surface area contributed by atoms with E-state index in [1.165, 1.54) is 11.1 Å². The predicted octanol–water partition coefficient (Wildman–Crippen LogP) is 3.36. The molecule has 0 aliphatic rings. The summed E-state index contributed by atoms with van der Waals surface area (Å²) in [5.41, 5.74) is 2.87. The van der Waals surface area contributed by atoms with Crippen molar-refractivity contribution in [3.63, 3.8) is 0 Å². The van der Waals surface area contributed by atoms with Gasteiger partial charge in [-0.05, 0) is 42.9 Å². The molecule has 0 saturated carbocycles. The van der Waals surface area contributed by atoms with Crippen LogP contribution in [0.2, 0.25) is 0 Å². The van der Waals surface area contributed by atoms with Crippen molar-refractivity contribution in [2.24, 2.45) is 5.92 Å². The molecule has 0 aliphatic carbocycles. The zero-order valence-corrected chi connectivity index (χ0v) is 12.2. The van der Waals surface area contributed by atoms with Crippen LogP contribution in [0.5, 0.6) is 0 Å². The van der Waals surface area contributed by atoms with Gasteiger partial charge in [0.05, 0.1) is 0 Å². The van der Waals surface area contributed by atoms with E-state index < -0.39 is 0 Å². The number of hydrogen-bond acceptors (Lipinski definition) is 2. The first-order chi connectivity index (χ1) is 8.70. The fourth-order valence-corrected chi connectivity index (χ4v) is 2.43. The van der Waals surface area contributed by atoms with E-state index in [2.05, 4.69) is 50.4 Å². The van der Waals surface area contributed by atoms with Crippen molar-refractivity contribution < 1.29 is 4.74 Å². The zero-order valence-electron chi connectivity index (χ0n) is 12.2. The molecule has 1 aromatic carbocycles. The first-order valence-electron chi connectivity index (χ1n) is 6.95. The van der Waals surface area contributed by atoms with Crippen LogP contribution in [-0.2, 0) is 4.74 Å². The van der Waals surface area contributed by atoms with Gasteiger partial charge < -0.3 is 10.1 Å². The molecule has 0 saturated heterocycles. The number of rotatable bonds is 8. The fraction of sp³-hybridized carbons (Fsp3) is 0.625. The van der Waals surface area contributed by atoms with Crippen LogP contribution in [0.25, 0.3) is 0 Å². The van der Waals surface area contributed by atoms with Gasteiger partial charge in [0.2, 0.25) is 0 Å². The third kappa shape index (κ3) is 4.43. The quantitative estimate of drug-likeness (QED) is 0.763. The molecule has 0 aromatic heterocycles. The van der Waals surface area contributed by atoms with E-state index in [4.69, 9.17) is 4.74 Å². The molecule has 0 heterocycles. The Hall–Kier alpha value is -0.860. The van der Waals surface area contributed by atoms with E-state index in [-0.39, 0.29) is 0 Å². The lowest BCUT2D eigenvalue weighted by Crippen LogP contribution is -2.26. The molecule has 2 atom stereocenters. The van der Waals surface area contributed by atoms with Crippen molar-refractivity contribution in [3.05, 3.63) is 35.4 Å². The molecule has 2 unspecified atom stereocenters. The number of hydrogen-bond donors (Lipinski definition) is 1. The first kappa shape index (κ1) is 15.2. The van der Waals surface area contributed by atoms with Crippen molar-refractivity contribution in [2.45, 2.75) is 33.1 Å². The maximum absolute atomic E-state index is 5.21. The average molecular weight is 249 g/mol. The minimum Gasteiger partial charge on any atom is -0.385 e. The molecule has 0 aliphatic heterocycles. The third-order valence-electron chi connectivity index (χ3n) is 3.67. The SMILES string of the molecule is CCNCC(c1ccccc1C)C(C)CCOC. The molecular weight excluding hydrogens is 222 g/mol. The van der Waals surface area contributed by atoms with E-state index in [0.717, 1.165) is 26.1 Å². The molecule has 2 nitrogen and oxygen atoms in total. The number of benzene rings is 1. The molecule has 1 rings (SSSR count). The molecule has 1 aromatic rings. The normalized spacial score (nSPS) is 14.4. The summed E-state index contributed by atoms with van der Waals surface area (Å²) in [6.45, 7) is 9.61. The van der Waals surface area contributed by atoms with E-state index in [1.807, 2.05) is 0 Å². The number of ether oxygens (including phenoxy) is 1. The Bertz CT molecular complexity index is 338. The van der Waals surface area contributed by atoms with Crippen LogP contribution in [0.4, 0.5) is 0 Å². The van der Waals surface area contributed by atoms with Gasteiger partial charge in [-0.3, -0.25) is 0 Å². The maximum Gasteiger partial charge on any atom is 0.0465 e. The van der Waals surface area contributed by atoms with Gasteiger partial charge in [-0.15, -0.1) is 0 Å². The first-order valence-corrected chi connectivity index (χ1v) is 6.95. The molecule has 0 fully saturated rings. The Labute approximate surface area is 112 Å². The second-order valence-corrected chi connectivity index (χ2v) is 5.03.